The van der Waals surface area contributed by atoms with Crippen LogP contribution >= 0.6 is 0 Å². The number of methoxy groups -OCH3 is 2. The molecular weight excluding hydrogens is 458 g/mol. The third kappa shape index (κ3) is 5.65. The van der Waals surface area contributed by atoms with Gasteiger partial charge in [-0.1, -0.05) is 49.6 Å². The minimum atomic E-state index is -0.0108. The number of carbonyl (C=O) groups is 1. The van der Waals surface area contributed by atoms with Crippen molar-refractivity contribution in [2.75, 3.05) is 14.2 Å². The molecule has 1 aliphatic heterocycles. The molecule has 2 fully saturated rings. The molecule has 1 saturated carbocycles. The van der Waals surface area contributed by atoms with Gasteiger partial charge < -0.3 is 9.47 Å². The summed E-state index contributed by atoms with van der Waals surface area (Å²) in [5.41, 5.74) is 7.01. The van der Waals surface area contributed by atoms with Crippen molar-refractivity contribution in [3.63, 3.8) is 0 Å². The number of unbranched alkanes of at least 4 members (excludes halogenated alkanes) is 1. The van der Waals surface area contributed by atoms with Crippen LogP contribution in [0.25, 0.3) is 0 Å². The number of benzene rings is 2. The van der Waals surface area contributed by atoms with Gasteiger partial charge in [0.1, 0.15) is 11.5 Å². The van der Waals surface area contributed by atoms with E-state index in [0.717, 1.165) is 46.6 Å². The monoisotopic (exact) mass is 503 g/mol. The van der Waals surface area contributed by atoms with Crippen LogP contribution in [0.3, 0.4) is 0 Å². The molecule has 4 nitrogen and oxygen atoms in total. The zero-order valence-corrected chi connectivity index (χ0v) is 23.7. The number of allylic oxidation sites excluding steroid dienone is 1. The molecule has 2 aliphatic rings. The van der Waals surface area contributed by atoms with Crippen molar-refractivity contribution in [1.29, 1.82) is 0 Å². The van der Waals surface area contributed by atoms with Crippen LogP contribution in [-0.2, 0) is 4.79 Å². The summed E-state index contributed by atoms with van der Waals surface area (Å²) in [6.07, 6.45) is 10.7. The fraction of sp³-hybridized carbons (Fsp3) is 0.545. The van der Waals surface area contributed by atoms with Crippen molar-refractivity contribution in [2.45, 2.75) is 97.2 Å². The second-order valence-corrected chi connectivity index (χ2v) is 11.2. The average molecular weight is 504 g/mol. The van der Waals surface area contributed by atoms with E-state index in [1.54, 1.807) is 14.2 Å². The van der Waals surface area contributed by atoms with Gasteiger partial charge in [0.2, 0.25) is 0 Å². The maximum absolute atomic E-state index is 13.7. The molecule has 4 rings (SSSR count). The maximum atomic E-state index is 13.7. The van der Waals surface area contributed by atoms with E-state index in [4.69, 9.17) is 9.47 Å². The molecule has 37 heavy (non-hydrogen) atoms. The van der Waals surface area contributed by atoms with Crippen molar-refractivity contribution in [1.82, 2.24) is 4.90 Å². The summed E-state index contributed by atoms with van der Waals surface area (Å²) in [5.74, 6) is 2.87. The predicted molar refractivity (Wildman–Crippen MR) is 152 cm³/mol. The van der Waals surface area contributed by atoms with Crippen LogP contribution in [0.15, 0.2) is 36.9 Å². The summed E-state index contributed by atoms with van der Waals surface area (Å²) in [6.45, 7) is 12.3. The Morgan fingerprint density at radius 3 is 1.84 bits per heavy atom. The van der Waals surface area contributed by atoms with Crippen molar-refractivity contribution in [3.05, 3.63) is 70.3 Å². The van der Waals surface area contributed by atoms with Crippen LogP contribution < -0.4 is 9.47 Å². The quantitative estimate of drug-likeness (QED) is 0.180. The molecule has 0 bridgehead atoms. The summed E-state index contributed by atoms with van der Waals surface area (Å²) in [5, 5.41) is 0. The van der Waals surface area contributed by atoms with Gasteiger partial charge in [0.05, 0.1) is 26.3 Å². The summed E-state index contributed by atoms with van der Waals surface area (Å²) in [4.78, 5) is 16.2. The number of nitrogens with zero attached hydrogens (tertiary/aromatic N) is 1. The van der Waals surface area contributed by atoms with Crippen LogP contribution in [0.4, 0.5) is 0 Å². The van der Waals surface area contributed by atoms with Crippen LogP contribution in [0.2, 0.25) is 0 Å². The fourth-order valence-electron chi connectivity index (χ4n) is 6.97. The lowest BCUT2D eigenvalue weighted by molar-refractivity contribution is -0.119. The van der Waals surface area contributed by atoms with E-state index in [0.29, 0.717) is 24.2 Å². The van der Waals surface area contributed by atoms with Crippen LogP contribution in [0, 0.1) is 33.6 Å². The van der Waals surface area contributed by atoms with Gasteiger partial charge in [-0.3, -0.25) is 9.69 Å². The van der Waals surface area contributed by atoms with Gasteiger partial charge >= 0.3 is 0 Å². The number of hydrogen-bond donors (Lipinski definition) is 0. The van der Waals surface area contributed by atoms with Crippen LogP contribution in [0.1, 0.15) is 90.8 Å². The van der Waals surface area contributed by atoms with Crippen molar-refractivity contribution in [2.24, 2.45) is 5.92 Å². The Kier molecular flexibility index (Phi) is 8.79. The van der Waals surface area contributed by atoms with E-state index >= 15 is 0 Å². The molecule has 0 aromatic heterocycles. The Hall–Kier alpha value is -2.59. The van der Waals surface area contributed by atoms with Crippen molar-refractivity contribution in [3.8, 4) is 11.5 Å². The highest BCUT2D eigenvalue weighted by Crippen LogP contribution is 2.51. The SMILES string of the molecule is C=CCCCC(=O)[C@@H]1[C@H](C2CCCCC2)N1C(c1cc(C)c(OC)c(C)c1)c1cc(C)c(OC)c(C)c1. The summed E-state index contributed by atoms with van der Waals surface area (Å²) >= 11 is 0. The minimum Gasteiger partial charge on any atom is -0.496 e. The maximum Gasteiger partial charge on any atom is 0.151 e. The minimum absolute atomic E-state index is 0.0108. The lowest BCUT2D eigenvalue weighted by Gasteiger charge is -2.27. The van der Waals surface area contributed by atoms with Gasteiger partial charge in [-0.25, -0.2) is 0 Å². The van der Waals surface area contributed by atoms with Crippen molar-refractivity contribution >= 4 is 5.78 Å². The second-order valence-electron chi connectivity index (χ2n) is 11.2. The topological polar surface area (TPSA) is 38.5 Å². The summed E-state index contributed by atoms with van der Waals surface area (Å²) in [6, 6.07) is 9.38. The first-order valence-corrected chi connectivity index (χ1v) is 14.0. The highest BCUT2D eigenvalue weighted by atomic mass is 16.5. The average Bonchev–Trinajstić information content (AvgIpc) is 3.59. The van der Waals surface area contributed by atoms with Crippen LogP contribution in [0.5, 0.6) is 11.5 Å². The van der Waals surface area contributed by atoms with E-state index in [9.17, 15) is 4.79 Å². The molecule has 1 heterocycles. The van der Waals surface area contributed by atoms with E-state index < -0.39 is 0 Å². The smallest absolute Gasteiger partial charge is 0.151 e. The zero-order chi connectivity index (χ0) is 26.7. The van der Waals surface area contributed by atoms with Gasteiger partial charge in [0.15, 0.2) is 5.78 Å². The Bertz CT molecular complexity index is 1020. The second kappa shape index (κ2) is 11.9. The first-order valence-electron chi connectivity index (χ1n) is 14.0. The van der Waals surface area contributed by atoms with Crippen LogP contribution in [-0.4, -0.2) is 37.0 Å². The third-order valence-corrected chi connectivity index (χ3v) is 8.50. The van der Waals surface area contributed by atoms with E-state index in [1.165, 1.54) is 43.2 Å². The number of aryl methyl sites for hydroxylation is 4. The molecule has 4 heteroatoms. The highest BCUT2D eigenvalue weighted by molar-refractivity contribution is 5.88. The standard InChI is InChI=1S/C33H45NO3/c1-8-9-11-16-28(35)31-30(25-14-12-10-13-15-25)34(31)29(26-17-21(2)32(36-6)22(3)18-26)27-19-23(4)33(37-7)24(5)20-27/h8,17-20,25,29-31H,1,9-16H2,2-7H3/t30-,31+,34?/m0/s1. The number of ketones is 1. The zero-order valence-electron chi connectivity index (χ0n) is 23.7. The van der Waals surface area contributed by atoms with Gasteiger partial charge in [-0.15, -0.1) is 6.58 Å². The number of rotatable bonds is 11. The first-order chi connectivity index (χ1) is 17.8. The first kappa shape index (κ1) is 27.4. The Balaban J connectivity index is 1.81. The Morgan fingerprint density at radius 1 is 0.919 bits per heavy atom. The molecule has 200 valence electrons. The Morgan fingerprint density at radius 2 is 1.41 bits per heavy atom. The lowest BCUT2D eigenvalue weighted by atomic mass is 9.85. The largest absolute Gasteiger partial charge is 0.496 e. The van der Waals surface area contributed by atoms with Gasteiger partial charge in [0.25, 0.3) is 0 Å². The number of hydrogen-bond acceptors (Lipinski definition) is 4. The third-order valence-electron chi connectivity index (χ3n) is 8.50. The van der Waals surface area contributed by atoms with Gasteiger partial charge in [-0.05, 0) is 92.7 Å². The lowest BCUT2D eigenvalue weighted by Crippen LogP contribution is -2.21. The summed E-state index contributed by atoms with van der Waals surface area (Å²) in [7, 11) is 3.48. The molecule has 1 unspecified atom stereocenters. The molecule has 0 spiro atoms. The molecule has 0 N–H and O–H groups in total. The molecule has 2 aromatic rings. The van der Waals surface area contributed by atoms with E-state index in [-0.39, 0.29) is 12.1 Å². The predicted octanol–water partition coefficient (Wildman–Crippen LogP) is 7.59. The number of Topliss-reactive ketones (excluding diaryl/α,β-unsaturated/α-hetero) is 1. The highest BCUT2D eigenvalue weighted by Gasteiger charge is 2.58. The van der Waals surface area contributed by atoms with Gasteiger partial charge in [-0.2, -0.15) is 0 Å². The summed E-state index contributed by atoms with van der Waals surface area (Å²) < 4.78 is 11.4. The number of ether oxygens (including phenoxy) is 2. The molecule has 2 aromatic carbocycles. The van der Waals surface area contributed by atoms with Gasteiger partial charge in [0, 0.05) is 12.5 Å². The van der Waals surface area contributed by atoms with E-state index in [1.807, 2.05) is 6.08 Å². The fourth-order valence-corrected chi connectivity index (χ4v) is 6.97. The number of carbonyl (C=O) groups excluding carboxylic acids is 1. The normalized spacial score (nSPS) is 21.6. The molecule has 0 amide bonds. The molecular formula is C33H45NO3. The molecule has 0 radical (unpaired) electrons. The van der Waals surface area contributed by atoms with Crippen molar-refractivity contribution < 1.29 is 14.3 Å². The van der Waals surface area contributed by atoms with E-state index in [2.05, 4.69) is 63.4 Å². The molecule has 3 atom stereocenters. The molecule has 1 saturated heterocycles. The Labute approximate surface area is 224 Å². The molecule has 1 aliphatic carbocycles.